The van der Waals surface area contributed by atoms with Crippen molar-refractivity contribution in [2.75, 3.05) is 27.4 Å². The number of hydrogen-bond donors (Lipinski definition) is 1. The summed E-state index contributed by atoms with van der Waals surface area (Å²) in [5.74, 6) is 1.27. The van der Waals surface area contributed by atoms with Gasteiger partial charge in [0.1, 0.15) is 11.6 Å². The van der Waals surface area contributed by atoms with Crippen molar-refractivity contribution in [1.82, 2.24) is 14.8 Å². The Labute approximate surface area is 176 Å². The normalized spacial score (nSPS) is 13.4. The second-order valence-corrected chi connectivity index (χ2v) is 6.35. The Bertz CT molecular complexity index is 794. The van der Waals surface area contributed by atoms with Crippen molar-refractivity contribution in [1.29, 1.82) is 0 Å². The van der Waals surface area contributed by atoms with Crippen molar-refractivity contribution in [2.24, 2.45) is 12.0 Å². The lowest BCUT2D eigenvalue weighted by molar-refractivity contribution is -0.0172. The van der Waals surface area contributed by atoms with E-state index in [0.717, 1.165) is 29.4 Å². The molecule has 0 saturated heterocycles. The number of fused-ring (bicyclic) bond motifs is 1. The molecule has 1 aliphatic heterocycles. The molecule has 0 aliphatic carbocycles. The standard InChI is InChI=1S/C19H25FN4O2.HI/c1-21-19(24(3)11-17-5-4-8-23(17)2)22-7-6-14-9-16(20)10-15-12-25-13-26-18(14)15;/h4-5,8-10H,6-7,11-13H2,1-3H3,(H,21,22);1H. The van der Waals surface area contributed by atoms with Gasteiger partial charge in [0.25, 0.3) is 0 Å². The van der Waals surface area contributed by atoms with Crippen LogP contribution in [0, 0.1) is 5.82 Å². The molecule has 0 atom stereocenters. The van der Waals surface area contributed by atoms with Gasteiger partial charge < -0.3 is 24.3 Å². The van der Waals surface area contributed by atoms with E-state index in [1.54, 1.807) is 7.05 Å². The van der Waals surface area contributed by atoms with Crippen molar-refractivity contribution in [3.05, 3.63) is 53.1 Å². The molecule has 148 valence electrons. The number of hydrogen-bond acceptors (Lipinski definition) is 3. The third kappa shape index (κ3) is 5.35. The van der Waals surface area contributed by atoms with Crippen LogP contribution in [0.1, 0.15) is 16.8 Å². The molecule has 0 bridgehead atoms. The zero-order chi connectivity index (χ0) is 18.5. The number of nitrogens with zero attached hydrogens (tertiary/aromatic N) is 3. The lowest BCUT2D eigenvalue weighted by Gasteiger charge is -2.23. The first-order chi connectivity index (χ1) is 12.6. The van der Waals surface area contributed by atoms with Gasteiger partial charge in [-0.1, -0.05) is 0 Å². The third-order valence-corrected chi connectivity index (χ3v) is 4.45. The van der Waals surface area contributed by atoms with E-state index in [4.69, 9.17) is 9.47 Å². The van der Waals surface area contributed by atoms with E-state index < -0.39 is 0 Å². The van der Waals surface area contributed by atoms with Crippen LogP contribution in [0.15, 0.2) is 35.5 Å². The Morgan fingerprint density at radius 3 is 2.93 bits per heavy atom. The number of benzene rings is 1. The first kappa shape index (κ1) is 21.5. The number of nitrogens with one attached hydrogen (secondary N) is 1. The van der Waals surface area contributed by atoms with Crippen molar-refractivity contribution in [2.45, 2.75) is 19.6 Å². The van der Waals surface area contributed by atoms with Crippen LogP contribution in [-0.2, 0) is 31.4 Å². The smallest absolute Gasteiger partial charge is 0.193 e. The molecule has 2 heterocycles. The molecule has 0 saturated carbocycles. The quantitative estimate of drug-likeness (QED) is 0.400. The summed E-state index contributed by atoms with van der Waals surface area (Å²) in [7, 11) is 5.78. The second-order valence-electron chi connectivity index (χ2n) is 6.35. The Hall–Kier alpha value is -1.81. The topological polar surface area (TPSA) is 51.0 Å². The number of aliphatic imine (C=N–C) groups is 1. The lowest BCUT2D eigenvalue weighted by Crippen LogP contribution is -2.39. The summed E-state index contributed by atoms with van der Waals surface area (Å²) >= 11 is 0. The highest BCUT2D eigenvalue weighted by atomic mass is 127. The van der Waals surface area contributed by atoms with Gasteiger partial charge in [-0.05, 0) is 36.2 Å². The average Bonchev–Trinajstić information content (AvgIpc) is 3.03. The minimum Gasteiger partial charge on any atom is -0.467 e. The zero-order valence-electron chi connectivity index (χ0n) is 15.9. The predicted octanol–water partition coefficient (Wildman–Crippen LogP) is 2.90. The number of ether oxygens (including phenoxy) is 2. The van der Waals surface area contributed by atoms with Gasteiger partial charge in [0.15, 0.2) is 12.8 Å². The summed E-state index contributed by atoms with van der Waals surface area (Å²) in [4.78, 5) is 6.39. The van der Waals surface area contributed by atoms with E-state index >= 15 is 0 Å². The van der Waals surface area contributed by atoms with Gasteiger partial charge in [-0.3, -0.25) is 4.99 Å². The first-order valence-corrected chi connectivity index (χ1v) is 8.62. The van der Waals surface area contributed by atoms with E-state index in [-0.39, 0.29) is 36.6 Å². The van der Waals surface area contributed by atoms with Crippen LogP contribution >= 0.6 is 24.0 Å². The van der Waals surface area contributed by atoms with Crippen molar-refractivity contribution in [3.8, 4) is 5.75 Å². The molecule has 3 rings (SSSR count). The van der Waals surface area contributed by atoms with Crippen LogP contribution in [0.5, 0.6) is 5.75 Å². The lowest BCUT2D eigenvalue weighted by atomic mass is 10.1. The molecule has 0 spiro atoms. The van der Waals surface area contributed by atoms with Crippen molar-refractivity contribution < 1.29 is 13.9 Å². The fourth-order valence-corrected chi connectivity index (χ4v) is 3.11. The molecular weight excluding hydrogens is 462 g/mol. The maximum Gasteiger partial charge on any atom is 0.193 e. The number of rotatable bonds is 5. The van der Waals surface area contributed by atoms with E-state index in [1.165, 1.54) is 17.8 Å². The summed E-state index contributed by atoms with van der Waals surface area (Å²) in [5.41, 5.74) is 2.80. The number of guanidine groups is 1. The fraction of sp³-hybridized carbons (Fsp3) is 0.421. The predicted molar refractivity (Wildman–Crippen MR) is 114 cm³/mol. The molecule has 1 aromatic carbocycles. The monoisotopic (exact) mass is 488 g/mol. The largest absolute Gasteiger partial charge is 0.467 e. The average molecular weight is 488 g/mol. The van der Waals surface area contributed by atoms with E-state index in [9.17, 15) is 4.39 Å². The molecule has 0 radical (unpaired) electrons. The van der Waals surface area contributed by atoms with Crippen molar-refractivity contribution in [3.63, 3.8) is 0 Å². The molecule has 1 aliphatic rings. The summed E-state index contributed by atoms with van der Waals surface area (Å²) in [5, 5.41) is 3.33. The molecule has 27 heavy (non-hydrogen) atoms. The molecule has 1 aromatic heterocycles. The Kier molecular flexibility index (Phi) is 7.91. The van der Waals surface area contributed by atoms with Crippen LogP contribution in [0.2, 0.25) is 0 Å². The molecule has 2 aromatic rings. The number of halogens is 2. The highest BCUT2D eigenvalue weighted by Gasteiger charge is 2.17. The Balaban J connectivity index is 0.00000261. The van der Waals surface area contributed by atoms with Gasteiger partial charge in [0.05, 0.1) is 13.2 Å². The van der Waals surface area contributed by atoms with Gasteiger partial charge in [-0.25, -0.2) is 4.39 Å². The molecule has 0 unspecified atom stereocenters. The van der Waals surface area contributed by atoms with Crippen LogP contribution in [0.25, 0.3) is 0 Å². The zero-order valence-corrected chi connectivity index (χ0v) is 18.2. The molecular formula is C19H26FIN4O2. The summed E-state index contributed by atoms with van der Waals surface area (Å²) in [6.45, 7) is 1.97. The maximum atomic E-state index is 13.8. The molecule has 0 fully saturated rings. The van der Waals surface area contributed by atoms with Gasteiger partial charge in [-0.2, -0.15) is 0 Å². The van der Waals surface area contributed by atoms with Crippen LogP contribution in [-0.4, -0.2) is 42.9 Å². The molecule has 0 amide bonds. The van der Waals surface area contributed by atoms with E-state index in [0.29, 0.717) is 19.6 Å². The van der Waals surface area contributed by atoms with Crippen LogP contribution in [0.4, 0.5) is 4.39 Å². The van der Waals surface area contributed by atoms with Crippen molar-refractivity contribution >= 4 is 29.9 Å². The van der Waals surface area contributed by atoms with Gasteiger partial charge in [-0.15, -0.1) is 24.0 Å². The Morgan fingerprint density at radius 1 is 1.41 bits per heavy atom. The first-order valence-electron chi connectivity index (χ1n) is 8.62. The summed E-state index contributed by atoms with van der Waals surface area (Å²) < 4.78 is 26.7. The second kappa shape index (κ2) is 9.93. The number of aryl methyl sites for hydroxylation is 1. The maximum absolute atomic E-state index is 13.8. The van der Waals surface area contributed by atoms with Crippen LogP contribution in [0.3, 0.4) is 0 Å². The molecule has 8 heteroatoms. The SMILES string of the molecule is CN=C(NCCc1cc(F)cc2c1OCOC2)N(C)Cc1cccn1C.I. The summed E-state index contributed by atoms with van der Waals surface area (Å²) in [6, 6.07) is 7.11. The van der Waals surface area contributed by atoms with Gasteiger partial charge >= 0.3 is 0 Å². The minimum absolute atomic E-state index is 0. The van der Waals surface area contributed by atoms with Gasteiger partial charge in [0, 0.05) is 45.1 Å². The Morgan fingerprint density at radius 2 is 2.22 bits per heavy atom. The fourth-order valence-electron chi connectivity index (χ4n) is 3.11. The minimum atomic E-state index is -0.266. The van der Waals surface area contributed by atoms with E-state index in [1.807, 2.05) is 26.4 Å². The molecule has 1 N–H and O–H groups in total. The highest BCUT2D eigenvalue weighted by molar-refractivity contribution is 14.0. The molecule has 6 nitrogen and oxygen atoms in total. The highest BCUT2D eigenvalue weighted by Crippen LogP contribution is 2.29. The third-order valence-electron chi connectivity index (χ3n) is 4.45. The van der Waals surface area contributed by atoms with Gasteiger partial charge in [0.2, 0.25) is 0 Å². The van der Waals surface area contributed by atoms with E-state index in [2.05, 4.69) is 25.8 Å². The van der Waals surface area contributed by atoms with Crippen LogP contribution < -0.4 is 10.1 Å². The summed E-state index contributed by atoms with van der Waals surface area (Å²) in [6.07, 6.45) is 2.66. The number of aromatic nitrogens is 1.